The summed E-state index contributed by atoms with van der Waals surface area (Å²) in [6.07, 6.45) is 7.30. The SMILES string of the molecule is O=C(c1cccs1)N1CCC[C@@]2(CCN(Cc3ccncc3)C2)C1. The van der Waals surface area contributed by atoms with Crippen molar-refractivity contribution in [3.63, 3.8) is 0 Å². The second-order valence-electron chi connectivity index (χ2n) is 7.12. The van der Waals surface area contributed by atoms with Crippen molar-refractivity contribution in [1.29, 1.82) is 0 Å². The van der Waals surface area contributed by atoms with Gasteiger partial charge < -0.3 is 4.90 Å². The van der Waals surface area contributed by atoms with Gasteiger partial charge in [0, 0.05) is 44.0 Å². The molecule has 2 fully saturated rings. The number of hydrogen-bond acceptors (Lipinski definition) is 4. The molecule has 2 saturated heterocycles. The van der Waals surface area contributed by atoms with E-state index in [9.17, 15) is 4.79 Å². The number of carbonyl (C=O) groups excluding carboxylic acids is 1. The minimum absolute atomic E-state index is 0.219. The zero-order chi connectivity index (χ0) is 16.4. The molecule has 0 bridgehead atoms. The van der Waals surface area contributed by atoms with Crippen molar-refractivity contribution < 1.29 is 4.79 Å². The van der Waals surface area contributed by atoms with Crippen LogP contribution in [0.4, 0.5) is 0 Å². The Bertz CT molecular complexity index is 688. The average Bonchev–Trinajstić information content (AvgIpc) is 3.26. The topological polar surface area (TPSA) is 36.4 Å². The molecule has 0 N–H and O–H groups in total. The number of hydrogen-bond donors (Lipinski definition) is 0. The van der Waals surface area contributed by atoms with Crippen molar-refractivity contribution in [1.82, 2.24) is 14.8 Å². The lowest BCUT2D eigenvalue weighted by Crippen LogP contribution is -2.47. The molecular weight excluding hydrogens is 318 g/mol. The standard InChI is InChI=1S/C19H23N3OS/c23-18(17-3-1-12-24-17)22-10-2-6-19(15-22)7-11-21(14-19)13-16-4-8-20-9-5-16/h1,3-5,8-9,12H,2,6-7,10-11,13-15H2/t19-/m0/s1. The molecule has 4 nitrogen and oxygen atoms in total. The summed E-state index contributed by atoms with van der Waals surface area (Å²) in [6, 6.07) is 8.10. The molecule has 126 valence electrons. The number of likely N-dealkylation sites (tertiary alicyclic amines) is 2. The Kier molecular flexibility index (Phi) is 4.37. The molecule has 1 spiro atoms. The fraction of sp³-hybridized carbons (Fsp3) is 0.474. The molecule has 2 aromatic rings. The zero-order valence-electron chi connectivity index (χ0n) is 13.9. The van der Waals surface area contributed by atoms with Gasteiger partial charge in [0.1, 0.15) is 0 Å². The number of nitrogens with zero attached hydrogens (tertiary/aromatic N) is 3. The molecule has 2 aliphatic rings. The molecule has 24 heavy (non-hydrogen) atoms. The Balaban J connectivity index is 1.41. The molecule has 0 unspecified atom stereocenters. The highest BCUT2D eigenvalue weighted by molar-refractivity contribution is 7.12. The average molecular weight is 341 g/mol. The highest BCUT2D eigenvalue weighted by Crippen LogP contribution is 2.39. The summed E-state index contributed by atoms with van der Waals surface area (Å²) in [6.45, 7) is 5.04. The molecule has 2 aromatic heterocycles. The molecule has 4 heterocycles. The first-order chi connectivity index (χ1) is 11.7. The normalized spacial score (nSPS) is 24.6. The van der Waals surface area contributed by atoms with Crippen LogP contribution in [0.2, 0.25) is 0 Å². The second kappa shape index (κ2) is 6.65. The lowest BCUT2D eigenvalue weighted by atomic mass is 9.79. The van der Waals surface area contributed by atoms with Gasteiger partial charge in [-0.05, 0) is 54.9 Å². The van der Waals surface area contributed by atoms with Gasteiger partial charge in [-0.2, -0.15) is 0 Å². The van der Waals surface area contributed by atoms with Crippen molar-refractivity contribution in [2.75, 3.05) is 26.2 Å². The first kappa shape index (κ1) is 15.8. The van der Waals surface area contributed by atoms with Crippen molar-refractivity contribution in [3.8, 4) is 0 Å². The van der Waals surface area contributed by atoms with Crippen LogP contribution < -0.4 is 0 Å². The van der Waals surface area contributed by atoms with E-state index in [1.54, 1.807) is 11.3 Å². The van der Waals surface area contributed by atoms with Crippen LogP contribution in [0.3, 0.4) is 0 Å². The molecular formula is C19H23N3OS. The Morgan fingerprint density at radius 1 is 1.17 bits per heavy atom. The van der Waals surface area contributed by atoms with Gasteiger partial charge in [-0.1, -0.05) is 6.07 Å². The highest BCUT2D eigenvalue weighted by atomic mass is 32.1. The van der Waals surface area contributed by atoms with Crippen LogP contribution in [-0.4, -0.2) is 46.9 Å². The van der Waals surface area contributed by atoms with E-state index in [2.05, 4.69) is 26.9 Å². The monoisotopic (exact) mass is 341 g/mol. The summed E-state index contributed by atoms with van der Waals surface area (Å²) < 4.78 is 0. The summed E-state index contributed by atoms with van der Waals surface area (Å²) in [5.74, 6) is 0.219. The molecule has 1 amide bonds. The number of amides is 1. The number of rotatable bonds is 3. The first-order valence-corrected chi connectivity index (χ1v) is 9.56. The molecule has 0 aromatic carbocycles. The summed E-state index contributed by atoms with van der Waals surface area (Å²) in [5, 5.41) is 1.99. The highest BCUT2D eigenvalue weighted by Gasteiger charge is 2.42. The van der Waals surface area contributed by atoms with Crippen LogP contribution in [0.1, 0.15) is 34.5 Å². The van der Waals surface area contributed by atoms with E-state index in [0.717, 1.165) is 44.0 Å². The van der Waals surface area contributed by atoms with Crippen molar-refractivity contribution in [2.45, 2.75) is 25.8 Å². The van der Waals surface area contributed by atoms with E-state index in [4.69, 9.17) is 0 Å². The van der Waals surface area contributed by atoms with E-state index in [-0.39, 0.29) is 11.3 Å². The van der Waals surface area contributed by atoms with Crippen molar-refractivity contribution in [3.05, 3.63) is 52.5 Å². The Labute approximate surface area is 147 Å². The fourth-order valence-corrected chi connectivity index (χ4v) is 4.87. The molecule has 2 aliphatic heterocycles. The quantitative estimate of drug-likeness (QED) is 0.860. The van der Waals surface area contributed by atoms with Gasteiger partial charge in [-0.15, -0.1) is 11.3 Å². The number of piperidine rings is 1. The Morgan fingerprint density at radius 3 is 2.83 bits per heavy atom. The molecule has 4 rings (SSSR count). The maximum Gasteiger partial charge on any atom is 0.263 e. The second-order valence-corrected chi connectivity index (χ2v) is 8.07. The molecule has 1 atom stereocenters. The van der Waals surface area contributed by atoms with E-state index < -0.39 is 0 Å². The summed E-state index contributed by atoms with van der Waals surface area (Å²) >= 11 is 1.55. The van der Waals surface area contributed by atoms with Crippen molar-refractivity contribution >= 4 is 17.2 Å². The van der Waals surface area contributed by atoms with Crippen LogP contribution >= 0.6 is 11.3 Å². The number of thiophene rings is 1. The Morgan fingerprint density at radius 2 is 2.04 bits per heavy atom. The summed E-state index contributed by atoms with van der Waals surface area (Å²) in [5.41, 5.74) is 1.61. The maximum atomic E-state index is 12.7. The maximum absolute atomic E-state index is 12.7. The third kappa shape index (κ3) is 3.23. The molecule has 0 radical (unpaired) electrons. The van der Waals surface area contributed by atoms with Gasteiger partial charge >= 0.3 is 0 Å². The van der Waals surface area contributed by atoms with Crippen LogP contribution in [0.15, 0.2) is 42.0 Å². The van der Waals surface area contributed by atoms with Gasteiger partial charge in [0.2, 0.25) is 0 Å². The van der Waals surface area contributed by atoms with Crippen LogP contribution in [-0.2, 0) is 6.54 Å². The smallest absolute Gasteiger partial charge is 0.263 e. The van der Waals surface area contributed by atoms with Crippen molar-refractivity contribution in [2.24, 2.45) is 5.41 Å². The Hall–Kier alpha value is -1.72. The van der Waals surface area contributed by atoms with Gasteiger partial charge in [-0.25, -0.2) is 0 Å². The van der Waals surface area contributed by atoms with Gasteiger partial charge in [0.05, 0.1) is 4.88 Å². The predicted molar refractivity (Wildman–Crippen MR) is 96.0 cm³/mol. The first-order valence-electron chi connectivity index (χ1n) is 8.68. The van der Waals surface area contributed by atoms with Gasteiger partial charge in [-0.3, -0.25) is 14.7 Å². The largest absolute Gasteiger partial charge is 0.337 e. The third-order valence-corrected chi connectivity index (χ3v) is 6.21. The third-order valence-electron chi connectivity index (χ3n) is 5.35. The summed E-state index contributed by atoms with van der Waals surface area (Å²) in [7, 11) is 0. The molecule has 0 saturated carbocycles. The lowest BCUT2D eigenvalue weighted by molar-refractivity contribution is 0.0531. The predicted octanol–water partition coefficient (Wildman–Crippen LogP) is 3.27. The van der Waals surface area contributed by atoms with E-state index in [1.165, 1.54) is 18.4 Å². The van der Waals surface area contributed by atoms with Gasteiger partial charge in [0.15, 0.2) is 0 Å². The molecule has 5 heteroatoms. The van der Waals surface area contributed by atoms with Crippen LogP contribution in [0.25, 0.3) is 0 Å². The van der Waals surface area contributed by atoms with Gasteiger partial charge in [0.25, 0.3) is 5.91 Å². The van der Waals surface area contributed by atoms with Crippen LogP contribution in [0.5, 0.6) is 0 Å². The van der Waals surface area contributed by atoms with Crippen LogP contribution in [0, 0.1) is 5.41 Å². The minimum Gasteiger partial charge on any atom is -0.337 e. The van der Waals surface area contributed by atoms with E-state index >= 15 is 0 Å². The number of carbonyl (C=O) groups is 1. The lowest BCUT2D eigenvalue weighted by Gasteiger charge is -2.40. The van der Waals surface area contributed by atoms with E-state index in [0.29, 0.717) is 0 Å². The summed E-state index contributed by atoms with van der Waals surface area (Å²) in [4.78, 5) is 22.3. The zero-order valence-corrected chi connectivity index (χ0v) is 14.7. The molecule has 0 aliphatic carbocycles. The minimum atomic E-state index is 0.219. The fourth-order valence-electron chi connectivity index (χ4n) is 4.18. The number of aromatic nitrogens is 1. The van der Waals surface area contributed by atoms with E-state index in [1.807, 2.05) is 29.9 Å². The number of pyridine rings is 1.